The van der Waals surface area contributed by atoms with Gasteiger partial charge in [0, 0.05) is 20.0 Å². The van der Waals surface area contributed by atoms with Crippen molar-refractivity contribution in [3.63, 3.8) is 0 Å². The van der Waals surface area contributed by atoms with E-state index in [9.17, 15) is 0 Å². The zero-order chi connectivity index (χ0) is 16.4. The van der Waals surface area contributed by atoms with Crippen LogP contribution in [-0.4, -0.2) is 43.6 Å². The molecule has 0 saturated carbocycles. The fourth-order valence-electron chi connectivity index (χ4n) is 2.14. The van der Waals surface area contributed by atoms with Crippen molar-refractivity contribution in [2.75, 3.05) is 26.8 Å². The standard InChI is InChI=1S/C18H29NO3/c1-6-13-20-15-17(22-19(5)7-2)14-18(3,4)21-16-11-9-8-10-12-16/h6,8-12,17H,1,7,13-15H2,2-5H3. The minimum atomic E-state index is -0.349. The molecule has 1 unspecified atom stereocenters. The molecular formula is C18H29NO3. The van der Waals surface area contributed by atoms with Crippen molar-refractivity contribution in [3.8, 4) is 5.75 Å². The number of benzene rings is 1. The van der Waals surface area contributed by atoms with Crippen molar-refractivity contribution in [1.82, 2.24) is 5.06 Å². The normalized spacial score (nSPS) is 13.1. The monoisotopic (exact) mass is 307 g/mol. The topological polar surface area (TPSA) is 30.9 Å². The van der Waals surface area contributed by atoms with Gasteiger partial charge in [-0.05, 0) is 26.0 Å². The molecule has 0 aliphatic heterocycles. The van der Waals surface area contributed by atoms with Gasteiger partial charge in [-0.2, -0.15) is 5.06 Å². The van der Waals surface area contributed by atoms with E-state index >= 15 is 0 Å². The van der Waals surface area contributed by atoms with Gasteiger partial charge in [0.2, 0.25) is 0 Å². The van der Waals surface area contributed by atoms with E-state index in [0.717, 1.165) is 18.7 Å². The highest BCUT2D eigenvalue weighted by Crippen LogP contribution is 2.23. The second kappa shape index (κ2) is 9.62. The molecule has 0 radical (unpaired) electrons. The number of hydroxylamine groups is 2. The molecule has 4 nitrogen and oxygen atoms in total. The van der Waals surface area contributed by atoms with Gasteiger partial charge in [-0.25, -0.2) is 0 Å². The van der Waals surface area contributed by atoms with Crippen LogP contribution in [0.2, 0.25) is 0 Å². The van der Waals surface area contributed by atoms with E-state index in [1.165, 1.54) is 0 Å². The number of ether oxygens (including phenoxy) is 2. The van der Waals surface area contributed by atoms with Gasteiger partial charge in [0.1, 0.15) is 17.5 Å². The highest BCUT2D eigenvalue weighted by atomic mass is 16.7. The van der Waals surface area contributed by atoms with Crippen LogP contribution in [0.5, 0.6) is 5.75 Å². The predicted molar refractivity (Wildman–Crippen MR) is 90.0 cm³/mol. The van der Waals surface area contributed by atoms with Gasteiger partial charge < -0.3 is 9.47 Å². The Bertz CT molecular complexity index is 420. The lowest BCUT2D eigenvalue weighted by atomic mass is 10.0. The molecule has 4 heteroatoms. The van der Waals surface area contributed by atoms with Gasteiger partial charge in [0.05, 0.1) is 13.2 Å². The van der Waals surface area contributed by atoms with Crippen LogP contribution in [0.4, 0.5) is 0 Å². The minimum absolute atomic E-state index is 0.0661. The van der Waals surface area contributed by atoms with E-state index in [4.69, 9.17) is 14.3 Å². The van der Waals surface area contributed by atoms with Crippen LogP contribution in [0.15, 0.2) is 43.0 Å². The Morgan fingerprint density at radius 3 is 2.55 bits per heavy atom. The molecule has 0 aliphatic rings. The molecule has 0 spiro atoms. The molecule has 0 aliphatic carbocycles. The molecule has 1 aromatic rings. The van der Waals surface area contributed by atoms with Crippen molar-refractivity contribution < 1.29 is 14.3 Å². The zero-order valence-corrected chi connectivity index (χ0v) is 14.2. The molecule has 0 saturated heterocycles. The summed E-state index contributed by atoms with van der Waals surface area (Å²) in [5.41, 5.74) is -0.349. The van der Waals surface area contributed by atoms with Gasteiger partial charge in [-0.3, -0.25) is 4.84 Å². The van der Waals surface area contributed by atoms with Crippen molar-refractivity contribution in [1.29, 1.82) is 0 Å². The van der Waals surface area contributed by atoms with E-state index in [1.54, 1.807) is 6.08 Å². The predicted octanol–water partition coefficient (Wildman–Crippen LogP) is 3.69. The number of rotatable bonds is 11. The smallest absolute Gasteiger partial charge is 0.120 e. The third-order valence-corrected chi connectivity index (χ3v) is 3.17. The van der Waals surface area contributed by atoms with E-state index in [-0.39, 0.29) is 11.7 Å². The van der Waals surface area contributed by atoms with Gasteiger partial charge in [0.25, 0.3) is 0 Å². The lowest BCUT2D eigenvalue weighted by Gasteiger charge is -2.32. The number of nitrogens with zero attached hydrogens (tertiary/aromatic N) is 1. The van der Waals surface area contributed by atoms with Crippen molar-refractivity contribution >= 4 is 0 Å². The first-order chi connectivity index (χ1) is 10.5. The van der Waals surface area contributed by atoms with Crippen LogP contribution in [-0.2, 0) is 9.57 Å². The average Bonchev–Trinajstić information content (AvgIpc) is 2.47. The number of para-hydroxylation sites is 1. The van der Waals surface area contributed by atoms with E-state index < -0.39 is 0 Å². The fourth-order valence-corrected chi connectivity index (χ4v) is 2.14. The molecule has 0 aromatic heterocycles. The van der Waals surface area contributed by atoms with E-state index in [1.807, 2.05) is 49.4 Å². The maximum Gasteiger partial charge on any atom is 0.120 e. The summed E-state index contributed by atoms with van der Waals surface area (Å²) in [6.45, 7) is 11.7. The quantitative estimate of drug-likeness (QED) is 0.354. The Labute approximate surface area is 134 Å². The second-order valence-corrected chi connectivity index (χ2v) is 5.88. The van der Waals surface area contributed by atoms with Crippen LogP contribution in [0.25, 0.3) is 0 Å². The van der Waals surface area contributed by atoms with Gasteiger partial charge in [-0.1, -0.05) is 31.2 Å². The summed E-state index contributed by atoms with van der Waals surface area (Å²) >= 11 is 0. The molecule has 0 heterocycles. The summed E-state index contributed by atoms with van der Waals surface area (Å²) in [4.78, 5) is 5.91. The molecule has 1 aromatic carbocycles. The Morgan fingerprint density at radius 1 is 1.27 bits per heavy atom. The third kappa shape index (κ3) is 7.59. The van der Waals surface area contributed by atoms with E-state index in [0.29, 0.717) is 13.2 Å². The number of hydrogen-bond donors (Lipinski definition) is 0. The first-order valence-electron chi connectivity index (χ1n) is 7.77. The van der Waals surface area contributed by atoms with Gasteiger partial charge >= 0.3 is 0 Å². The molecule has 0 bridgehead atoms. The Hall–Kier alpha value is -1.36. The van der Waals surface area contributed by atoms with Crippen LogP contribution in [0, 0.1) is 0 Å². The summed E-state index contributed by atoms with van der Waals surface area (Å²) in [5.74, 6) is 0.863. The first kappa shape index (κ1) is 18.7. The van der Waals surface area contributed by atoms with Crippen LogP contribution < -0.4 is 4.74 Å². The minimum Gasteiger partial charge on any atom is -0.488 e. The molecule has 22 heavy (non-hydrogen) atoms. The zero-order valence-electron chi connectivity index (χ0n) is 14.2. The summed E-state index contributed by atoms with van der Waals surface area (Å²) in [7, 11) is 1.92. The lowest BCUT2D eigenvalue weighted by Crippen LogP contribution is -2.39. The highest BCUT2D eigenvalue weighted by Gasteiger charge is 2.27. The van der Waals surface area contributed by atoms with Gasteiger partial charge in [-0.15, -0.1) is 6.58 Å². The molecule has 124 valence electrons. The third-order valence-electron chi connectivity index (χ3n) is 3.17. The van der Waals surface area contributed by atoms with E-state index in [2.05, 4.69) is 20.4 Å². The summed E-state index contributed by atoms with van der Waals surface area (Å²) in [6.07, 6.45) is 2.40. The van der Waals surface area contributed by atoms with Gasteiger partial charge in [0.15, 0.2) is 0 Å². The fraction of sp³-hybridized carbons (Fsp3) is 0.556. The van der Waals surface area contributed by atoms with Crippen molar-refractivity contribution in [2.24, 2.45) is 0 Å². The maximum atomic E-state index is 6.08. The first-order valence-corrected chi connectivity index (χ1v) is 7.77. The average molecular weight is 307 g/mol. The number of hydrogen-bond acceptors (Lipinski definition) is 4. The highest BCUT2D eigenvalue weighted by molar-refractivity contribution is 5.21. The lowest BCUT2D eigenvalue weighted by molar-refractivity contribution is -0.203. The summed E-state index contributed by atoms with van der Waals surface area (Å²) < 4.78 is 11.6. The van der Waals surface area contributed by atoms with Crippen LogP contribution >= 0.6 is 0 Å². The van der Waals surface area contributed by atoms with Crippen molar-refractivity contribution in [2.45, 2.75) is 38.9 Å². The molecule has 0 amide bonds. The molecule has 1 atom stereocenters. The summed E-state index contributed by atoms with van der Waals surface area (Å²) in [6, 6.07) is 9.84. The molecule has 0 fully saturated rings. The Morgan fingerprint density at radius 2 is 1.95 bits per heavy atom. The molecular weight excluding hydrogens is 278 g/mol. The maximum absolute atomic E-state index is 6.08. The molecule has 1 rings (SSSR count). The van der Waals surface area contributed by atoms with Crippen LogP contribution in [0.3, 0.4) is 0 Å². The molecule has 0 N–H and O–H groups in total. The largest absolute Gasteiger partial charge is 0.488 e. The van der Waals surface area contributed by atoms with Crippen LogP contribution in [0.1, 0.15) is 27.2 Å². The Balaban J connectivity index is 2.61. The van der Waals surface area contributed by atoms with Crippen molar-refractivity contribution in [3.05, 3.63) is 43.0 Å². The SMILES string of the molecule is C=CCOCC(CC(C)(C)Oc1ccccc1)ON(C)CC. The summed E-state index contributed by atoms with van der Waals surface area (Å²) in [5, 5.41) is 1.82. The second-order valence-electron chi connectivity index (χ2n) is 5.88. The Kier molecular flexibility index (Phi) is 8.17.